The first-order valence-corrected chi connectivity index (χ1v) is 9.42. The molecule has 11 heteroatoms. The second kappa shape index (κ2) is 9.34. The smallest absolute Gasteiger partial charge is 0.714 e. The Hall–Kier alpha value is -0.494. The first-order valence-electron chi connectivity index (χ1n) is 7.33. The molecular formula is C16H11Cl2KN2O5S. The predicted octanol–water partition coefficient (Wildman–Crippen LogP) is 0.229. The molecule has 2 aromatic carbocycles. The van der Waals surface area contributed by atoms with Crippen LogP contribution in [0.3, 0.4) is 0 Å². The van der Waals surface area contributed by atoms with Crippen LogP contribution in [0, 0.1) is 0 Å². The maximum atomic E-state index is 12.8. The van der Waals surface area contributed by atoms with Gasteiger partial charge >= 0.3 is 51.4 Å². The second-order valence-corrected chi connectivity index (χ2v) is 7.23. The molecule has 0 N–H and O–H groups in total. The van der Waals surface area contributed by atoms with Crippen LogP contribution in [0.15, 0.2) is 47.6 Å². The number of hydrogen-bond acceptors (Lipinski definition) is 6. The molecule has 0 unspecified atom stereocenters. The van der Waals surface area contributed by atoms with E-state index in [0.717, 1.165) is 0 Å². The SMILES string of the molecule is O=C(c1ccc(Cl)cc1)N1CC/C(=N\OS(=O)(=O)[O-])c2ccc(Cl)cc21.[K+]. The maximum Gasteiger partial charge on any atom is 1.00 e. The minimum Gasteiger partial charge on any atom is -0.714 e. The van der Waals surface area contributed by atoms with Gasteiger partial charge in [0, 0.05) is 34.1 Å². The minimum atomic E-state index is -4.97. The minimum absolute atomic E-state index is 0. The van der Waals surface area contributed by atoms with Crippen LogP contribution in [0.25, 0.3) is 0 Å². The van der Waals surface area contributed by atoms with E-state index in [0.29, 0.717) is 26.9 Å². The van der Waals surface area contributed by atoms with Crippen molar-refractivity contribution in [2.45, 2.75) is 6.42 Å². The van der Waals surface area contributed by atoms with Crippen molar-refractivity contribution in [3.05, 3.63) is 63.6 Å². The average molecular weight is 453 g/mol. The third-order valence-corrected chi connectivity index (χ3v) is 4.45. The number of nitrogens with zero attached hydrogens (tertiary/aromatic N) is 2. The first kappa shape index (κ1) is 22.8. The number of hydrogen-bond donors (Lipinski definition) is 0. The van der Waals surface area contributed by atoms with Crippen molar-refractivity contribution in [3.8, 4) is 0 Å². The summed E-state index contributed by atoms with van der Waals surface area (Å²) in [6, 6.07) is 11.1. The molecule has 0 spiro atoms. The predicted molar refractivity (Wildman–Crippen MR) is 96.5 cm³/mol. The van der Waals surface area contributed by atoms with Crippen LogP contribution >= 0.6 is 23.2 Å². The summed E-state index contributed by atoms with van der Waals surface area (Å²) < 4.78 is 35.9. The van der Waals surface area contributed by atoms with E-state index < -0.39 is 10.4 Å². The Labute approximate surface area is 208 Å². The normalized spacial score (nSPS) is 15.1. The number of benzene rings is 2. The molecule has 1 aliphatic rings. The van der Waals surface area contributed by atoms with Gasteiger partial charge in [-0.25, -0.2) is 0 Å². The fraction of sp³-hybridized carbons (Fsp3) is 0.125. The van der Waals surface area contributed by atoms with Gasteiger partial charge in [0.25, 0.3) is 16.3 Å². The molecule has 0 bridgehead atoms. The summed E-state index contributed by atoms with van der Waals surface area (Å²) in [7, 11) is -4.97. The Morgan fingerprint density at radius 1 is 1.11 bits per heavy atom. The number of anilines is 1. The van der Waals surface area contributed by atoms with E-state index in [1.54, 1.807) is 42.5 Å². The monoisotopic (exact) mass is 452 g/mol. The Kier molecular flexibility index (Phi) is 7.88. The summed E-state index contributed by atoms with van der Waals surface area (Å²) in [4.78, 5) is 14.3. The van der Waals surface area contributed by atoms with E-state index in [1.807, 2.05) is 0 Å². The van der Waals surface area contributed by atoms with Crippen LogP contribution in [0.1, 0.15) is 22.3 Å². The van der Waals surface area contributed by atoms with Crippen molar-refractivity contribution in [3.63, 3.8) is 0 Å². The summed E-state index contributed by atoms with van der Waals surface area (Å²) in [6.07, 6.45) is 0.198. The summed E-state index contributed by atoms with van der Waals surface area (Å²) in [5.74, 6) is -0.276. The third-order valence-electron chi connectivity index (χ3n) is 3.71. The molecule has 0 saturated carbocycles. The van der Waals surface area contributed by atoms with E-state index >= 15 is 0 Å². The standard InChI is InChI=1S/C16H12Cl2N2O5S.K/c17-11-3-1-10(2-4-11)16(21)20-8-7-14(19-25-26(22,23)24)13-6-5-12(18)9-15(13)20;/h1-6,9H,7-8H2,(H,22,23,24);/q;+1/p-1/b19-14+;. The van der Waals surface area contributed by atoms with Crippen LogP contribution in [0.2, 0.25) is 10.0 Å². The molecule has 0 radical (unpaired) electrons. The van der Waals surface area contributed by atoms with Gasteiger partial charge in [0.15, 0.2) is 0 Å². The fourth-order valence-electron chi connectivity index (χ4n) is 2.59. The zero-order valence-electron chi connectivity index (χ0n) is 14.1. The number of amides is 1. The first-order chi connectivity index (χ1) is 12.2. The topological polar surface area (TPSA) is 99.1 Å². The summed E-state index contributed by atoms with van der Waals surface area (Å²) in [5, 5.41) is 4.32. The number of oxime groups is 1. The van der Waals surface area contributed by atoms with E-state index in [2.05, 4.69) is 9.44 Å². The molecule has 136 valence electrons. The molecule has 0 saturated heterocycles. The van der Waals surface area contributed by atoms with Crippen LogP contribution < -0.4 is 56.3 Å². The molecule has 1 amide bonds. The van der Waals surface area contributed by atoms with Crippen molar-refractivity contribution in [1.82, 2.24) is 0 Å². The van der Waals surface area contributed by atoms with Gasteiger partial charge < -0.3 is 9.45 Å². The molecule has 1 heterocycles. The zero-order chi connectivity index (χ0) is 18.9. The Bertz CT molecular complexity index is 996. The average Bonchev–Trinajstić information content (AvgIpc) is 2.58. The van der Waals surface area contributed by atoms with Crippen LogP contribution in [-0.2, 0) is 14.7 Å². The molecule has 7 nitrogen and oxygen atoms in total. The number of carbonyl (C=O) groups is 1. The largest absolute Gasteiger partial charge is 1.00 e. The maximum absolute atomic E-state index is 12.8. The number of halogens is 2. The third kappa shape index (κ3) is 5.75. The summed E-state index contributed by atoms with van der Waals surface area (Å²) >= 11 is 11.9. The van der Waals surface area contributed by atoms with Crippen LogP contribution in [0.4, 0.5) is 5.69 Å². The fourth-order valence-corrected chi connectivity index (χ4v) is 3.06. The van der Waals surface area contributed by atoms with Crippen LogP contribution in [-0.4, -0.2) is 31.1 Å². The number of rotatable bonds is 3. The molecule has 27 heavy (non-hydrogen) atoms. The quantitative estimate of drug-likeness (QED) is 0.287. The van der Waals surface area contributed by atoms with E-state index in [1.165, 1.54) is 4.90 Å². The Balaban J connectivity index is 0.00000261. The molecule has 0 aromatic heterocycles. The van der Waals surface area contributed by atoms with E-state index in [4.69, 9.17) is 23.2 Å². The molecule has 2 aromatic rings. The zero-order valence-corrected chi connectivity index (χ0v) is 19.5. The van der Waals surface area contributed by atoms with Gasteiger partial charge in [0.1, 0.15) is 0 Å². The molecule has 0 aliphatic carbocycles. The van der Waals surface area contributed by atoms with Gasteiger partial charge in [-0.15, -0.1) is 0 Å². The van der Waals surface area contributed by atoms with Gasteiger partial charge in [-0.05, 0) is 42.5 Å². The van der Waals surface area contributed by atoms with Crippen molar-refractivity contribution >= 4 is 50.9 Å². The summed E-state index contributed by atoms with van der Waals surface area (Å²) in [6.45, 7) is 0.204. The number of carbonyl (C=O) groups excluding carboxylic acids is 1. The van der Waals surface area contributed by atoms with Gasteiger partial charge in [-0.1, -0.05) is 28.4 Å². The molecule has 3 rings (SSSR count). The van der Waals surface area contributed by atoms with Crippen molar-refractivity contribution < 1.29 is 73.4 Å². The number of fused-ring (bicyclic) bond motifs is 1. The van der Waals surface area contributed by atoms with Crippen molar-refractivity contribution in [2.24, 2.45) is 5.16 Å². The van der Waals surface area contributed by atoms with Gasteiger partial charge in [-0.3, -0.25) is 9.08 Å². The molecule has 0 fully saturated rings. The molecule has 1 aliphatic heterocycles. The Morgan fingerprint density at radius 3 is 2.37 bits per heavy atom. The van der Waals surface area contributed by atoms with Crippen molar-refractivity contribution in [2.75, 3.05) is 11.4 Å². The van der Waals surface area contributed by atoms with Gasteiger partial charge in [0.2, 0.25) is 0 Å². The van der Waals surface area contributed by atoms with Gasteiger partial charge in [-0.2, -0.15) is 8.42 Å². The second-order valence-electron chi connectivity index (χ2n) is 5.40. The van der Waals surface area contributed by atoms with Crippen molar-refractivity contribution in [1.29, 1.82) is 0 Å². The van der Waals surface area contributed by atoms with E-state index in [-0.39, 0.29) is 76.0 Å². The van der Waals surface area contributed by atoms with E-state index in [9.17, 15) is 17.8 Å². The Morgan fingerprint density at radius 2 is 1.74 bits per heavy atom. The van der Waals surface area contributed by atoms with Crippen LogP contribution in [0.5, 0.6) is 0 Å². The summed E-state index contributed by atoms with van der Waals surface area (Å²) in [5.41, 5.74) is 1.55. The molecular weight excluding hydrogens is 442 g/mol. The van der Waals surface area contributed by atoms with Gasteiger partial charge in [0.05, 0.1) is 11.4 Å². The molecule has 0 atom stereocenters.